The Morgan fingerprint density at radius 2 is 2.06 bits per heavy atom. The van der Waals surface area contributed by atoms with Crippen molar-refractivity contribution in [3.63, 3.8) is 0 Å². The smallest absolute Gasteiger partial charge is 0.306 e. The van der Waals surface area contributed by atoms with Gasteiger partial charge in [0, 0.05) is 0 Å². The SMILES string of the molecule is NS(=O)(=O)NCC(F)(F)c1noc2ccccc12. The lowest BCUT2D eigenvalue weighted by Gasteiger charge is -2.13. The summed E-state index contributed by atoms with van der Waals surface area (Å²) in [7, 11) is -4.19. The predicted octanol–water partition coefficient (Wildman–Crippen LogP) is 0.713. The summed E-state index contributed by atoms with van der Waals surface area (Å²) in [5.41, 5.74) is -0.433. The number of benzene rings is 1. The summed E-state index contributed by atoms with van der Waals surface area (Å²) < 4.78 is 55.0. The van der Waals surface area contributed by atoms with Gasteiger partial charge in [-0.3, -0.25) is 0 Å². The molecule has 0 unspecified atom stereocenters. The highest BCUT2D eigenvalue weighted by atomic mass is 32.2. The Hall–Kier alpha value is -1.58. The lowest BCUT2D eigenvalue weighted by atomic mass is 10.1. The molecule has 0 saturated carbocycles. The Morgan fingerprint density at radius 3 is 2.72 bits per heavy atom. The highest BCUT2D eigenvalue weighted by Crippen LogP contribution is 2.32. The van der Waals surface area contributed by atoms with E-state index >= 15 is 0 Å². The molecule has 2 aromatic rings. The number of halogens is 2. The molecule has 0 aliphatic heterocycles. The fraction of sp³-hybridized carbons (Fsp3) is 0.222. The van der Waals surface area contributed by atoms with Gasteiger partial charge in [-0.1, -0.05) is 17.3 Å². The maximum Gasteiger partial charge on any atom is 0.306 e. The van der Waals surface area contributed by atoms with Crippen molar-refractivity contribution in [2.45, 2.75) is 5.92 Å². The van der Waals surface area contributed by atoms with Gasteiger partial charge in [0.1, 0.15) is 0 Å². The highest BCUT2D eigenvalue weighted by molar-refractivity contribution is 7.87. The number of alkyl halides is 2. The monoisotopic (exact) mass is 277 g/mol. The normalized spacial score (nSPS) is 13.1. The molecule has 0 atom stereocenters. The van der Waals surface area contributed by atoms with Crippen LogP contribution in [0.2, 0.25) is 0 Å². The maximum absolute atomic E-state index is 13.7. The summed E-state index contributed by atoms with van der Waals surface area (Å²) in [6.07, 6.45) is 0. The molecule has 1 aromatic heterocycles. The Kier molecular flexibility index (Phi) is 3.05. The van der Waals surface area contributed by atoms with Gasteiger partial charge in [0.25, 0.3) is 10.2 Å². The molecule has 2 rings (SSSR count). The van der Waals surface area contributed by atoms with Crippen LogP contribution in [0.15, 0.2) is 28.8 Å². The average Bonchev–Trinajstić information content (AvgIpc) is 2.70. The van der Waals surface area contributed by atoms with Gasteiger partial charge >= 0.3 is 5.92 Å². The molecule has 1 aromatic carbocycles. The van der Waals surface area contributed by atoms with Gasteiger partial charge in [0.2, 0.25) is 0 Å². The second-order valence-corrected chi connectivity index (χ2v) is 4.98. The molecule has 18 heavy (non-hydrogen) atoms. The number of para-hydroxylation sites is 1. The predicted molar refractivity (Wildman–Crippen MR) is 59.0 cm³/mol. The summed E-state index contributed by atoms with van der Waals surface area (Å²) in [6.45, 7) is -1.18. The zero-order valence-corrected chi connectivity index (χ0v) is 9.75. The Labute approximate surface area is 101 Å². The fourth-order valence-corrected chi connectivity index (χ4v) is 1.81. The molecule has 0 saturated heterocycles. The van der Waals surface area contributed by atoms with Crippen molar-refractivity contribution in [3.8, 4) is 0 Å². The zero-order chi connectivity index (χ0) is 13.4. The molecule has 98 valence electrons. The van der Waals surface area contributed by atoms with Crippen molar-refractivity contribution in [1.29, 1.82) is 0 Å². The molecule has 0 aliphatic carbocycles. The minimum atomic E-state index is -4.19. The third-order valence-corrected chi connectivity index (χ3v) is 2.77. The van der Waals surface area contributed by atoms with Crippen LogP contribution in [0.3, 0.4) is 0 Å². The van der Waals surface area contributed by atoms with Gasteiger partial charge < -0.3 is 4.52 Å². The van der Waals surface area contributed by atoms with Crippen molar-refractivity contribution in [1.82, 2.24) is 9.88 Å². The van der Waals surface area contributed by atoms with Crippen LogP contribution in [0.25, 0.3) is 11.0 Å². The van der Waals surface area contributed by atoms with E-state index in [9.17, 15) is 17.2 Å². The summed E-state index contributed by atoms with van der Waals surface area (Å²) in [5, 5.41) is 7.98. The fourth-order valence-electron chi connectivity index (χ4n) is 1.42. The second-order valence-electron chi connectivity index (χ2n) is 3.60. The van der Waals surface area contributed by atoms with Gasteiger partial charge in [-0.25, -0.2) is 5.14 Å². The molecule has 9 heteroatoms. The summed E-state index contributed by atoms with van der Waals surface area (Å²) in [5.74, 6) is -3.51. The first-order chi connectivity index (χ1) is 8.30. The minimum absolute atomic E-state index is 0.124. The van der Waals surface area contributed by atoms with Gasteiger partial charge in [-0.05, 0) is 12.1 Å². The van der Waals surface area contributed by atoms with Crippen LogP contribution in [0.4, 0.5) is 8.78 Å². The van der Waals surface area contributed by atoms with Crippen LogP contribution < -0.4 is 9.86 Å². The van der Waals surface area contributed by atoms with Crippen molar-refractivity contribution in [2.24, 2.45) is 5.14 Å². The largest absolute Gasteiger partial charge is 0.356 e. The molecule has 0 spiro atoms. The number of nitrogens with two attached hydrogens (primary N) is 1. The number of aromatic nitrogens is 1. The van der Waals surface area contributed by atoms with Gasteiger partial charge in [0.15, 0.2) is 11.3 Å². The van der Waals surface area contributed by atoms with Crippen LogP contribution in [-0.4, -0.2) is 20.1 Å². The van der Waals surface area contributed by atoms with E-state index < -0.39 is 28.4 Å². The third-order valence-electron chi connectivity index (χ3n) is 2.22. The van der Waals surface area contributed by atoms with E-state index in [-0.39, 0.29) is 11.0 Å². The van der Waals surface area contributed by atoms with Gasteiger partial charge in [0.05, 0.1) is 11.9 Å². The topological polar surface area (TPSA) is 98.2 Å². The van der Waals surface area contributed by atoms with Crippen molar-refractivity contribution < 1.29 is 21.7 Å². The Bertz CT molecular complexity index is 669. The lowest BCUT2D eigenvalue weighted by Crippen LogP contribution is -2.39. The van der Waals surface area contributed by atoms with E-state index in [2.05, 4.69) is 10.3 Å². The lowest BCUT2D eigenvalue weighted by molar-refractivity contribution is -0.00382. The van der Waals surface area contributed by atoms with E-state index in [0.717, 1.165) is 0 Å². The van der Waals surface area contributed by atoms with Crippen LogP contribution in [0, 0.1) is 0 Å². The zero-order valence-electron chi connectivity index (χ0n) is 8.93. The van der Waals surface area contributed by atoms with Gasteiger partial charge in [-0.2, -0.15) is 21.9 Å². The summed E-state index contributed by atoms with van der Waals surface area (Å²) >= 11 is 0. The third kappa shape index (κ3) is 2.63. The minimum Gasteiger partial charge on any atom is -0.356 e. The molecule has 0 bridgehead atoms. The first-order valence-corrected chi connectivity index (χ1v) is 6.34. The molecule has 6 nitrogen and oxygen atoms in total. The van der Waals surface area contributed by atoms with Crippen LogP contribution in [0.1, 0.15) is 5.69 Å². The van der Waals surface area contributed by atoms with Gasteiger partial charge in [-0.15, -0.1) is 0 Å². The molecule has 0 amide bonds. The number of hydrogen-bond acceptors (Lipinski definition) is 4. The average molecular weight is 277 g/mol. The van der Waals surface area contributed by atoms with E-state index in [4.69, 9.17) is 4.52 Å². The standard InChI is InChI=1S/C9H9F2N3O3S/c10-9(11,5-13-18(12,15)16)8-6-3-1-2-4-7(6)17-14-8/h1-4,13H,5H2,(H2,12,15,16). The number of nitrogens with zero attached hydrogens (tertiary/aromatic N) is 1. The Balaban J connectivity index is 2.34. The van der Waals surface area contributed by atoms with Crippen LogP contribution >= 0.6 is 0 Å². The first-order valence-electron chi connectivity index (χ1n) is 4.80. The molecule has 1 heterocycles. The summed E-state index contributed by atoms with van der Waals surface area (Å²) in [4.78, 5) is 0. The molecule has 0 radical (unpaired) electrons. The molecule has 0 fully saturated rings. The van der Waals surface area contributed by atoms with Crippen molar-refractivity contribution in [3.05, 3.63) is 30.0 Å². The van der Waals surface area contributed by atoms with Crippen LogP contribution in [-0.2, 0) is 16.1 Å². The van der Waals surface area contributed by atoms with Crippen molar-refractivity contribution >= 4 is 21.2 Å². The number of hydrogen-bond donors (Lipinski definition) is 2. The van der Waals surface area contributed by atoms with E-state index in [1.54, 1.807) is 12.1 Å². The molecule has 0 aliphatic rings. The number of nitrogens with one attached hydrogen (secondary N) is 1. The van der Waals surface area contributed by atoms with Crippen molar-refractivity contribution in [2.75, 3.05) is 6.54 Å². The molecular formula is C9H9F2N3O3S. The van der Waals surface area contributed by atoms with E-state index in [1.807, 2.05) is 0 Å². The molecule has 3 N–H and O–H groups in total. The quantitative estimate of drug-likeness (QED) is 0.860. The highest BCUT2D eigenvalue weighted by Gasteiger charge is 2.37. The Morgan fingerprint density at radius 1 is 1.39 bits per heavy atom. The van der Waals surface area contributed by atoms with Crippen LogP contribution in [0.5, 0.6) is 0 Å². The summed E-state index contributed by atoms with van der Waals surface area (Å²) in [6, 6.07) is 6.05. The van der Waals surface area contributed by atoms with E-state index in [0.29, 0.717) is 0 Å². The second kappa shape index (κ2) is 4.26. The first kappa shape index (κ1) is 12.9. The number of fused-ring (bicyclic) bond motifs is 1. The maximum atomic E-state index is 13.7. The molecular weight excluding hydrogens is 268 g/mol. The number of rotatable bonds is 4. The van der Waals surface area contributed by atoms with E-state index in [1.165, 1.54) is 16.9 Å².